The van der Waals surface area contributed by atoms with Crippen LogP contribution in [0.1, 0.15) is 34.6 Å². The molecule has 30 heavy (non-hydrogen) atoms. The molecule has 0 aliphatic carbocycles. The monoisotopic (exact) mass is 411 g/mol. The summed E-state index contributed by atoms with van der Waals surface area (Å²) in [4.78, 5) is 15.3. The third kappa shape index (κ3) is 3.28. The zero-order valence-corrected chi connectivity index (χ0v) is 17.6. The Morgan fingerprint density at radius 1 is 0.933 bits per heavy atom. The first kappa shape index (κ1) is 18.9. The Morgan fingerprint density at radius 2 is 1.73 bits per heavy atom. The van der Waals surface area contributed by atoms with Gasteiger partial charge in [-0.25, -0.2) is 0 Å². The zero-order chi connectivity index (χ0) is 20.7. The van der Waals surface area contributed by atoms with Crippen LogP contribution in [0.15, 0.2) is 84.9 Å². The number of aryl methyl sites for hydroxylation is 1. The van der Waals surface area contributed by atoms with E-state index in [1.807, 2.05) is 29.2 Å². The van der Waals surface area contributed by atoms with Gasteiger partial charge in [0.05, 0.1) is 6.54 Å². The van der Waals surface area contributed by atoms with Crippen LogP contribution in [0.3, 0.4) is 0 Å². The molecule has 148 valence electrons. The van der Waals surface area contributed by atoms with Crippen LogP contribution in [0.5, 0.6) is 0 Å². The summed E-state index contributed by atoms with van der Waals surface area (Å²) in [6.45, 7) is 2.58. The lowest BCUT2D eigenvalue weighted by Gasteiger charge is -2.35. The maximum atomic E-state index is 13.4. The second kappa shape index (κ2) is 7.62. The second-order valence-electron chi connectivity index (χ2n) is 7.96. The summed E-state index contributed by atoms with van der Waals surface area (Å²) >= 11 is 6.42. The van der Waals surface area contributed by atoms with E-state index in [-0.39, 0.29) is 11.8 Å². The molecule has 1 aliphatic heterocycles. The van der Waals surface area contributed by atoms with Crippen molar-refractivity contribution < 1.29 is 4.79 Å². The van der Waals surface area contributed by atoms with Gasteiger partial charge in [-0.1, -0.05) is 90.0 Å². The lowest BCUT2D eigenvalue weighted by Crippen LogP contribution is -2.36. The van der Waals surface area contributed by atoms with Crippen molar-refractivity contribution in [2.45, 2.75) is 25.8 Å². The van der Waals surface area contributed by atoms with E-state index in [0.717, 1.165) is 11.3 Å². The van der Waals surface area contributed by atoms with Crippen molar-refractivity contribution in [1.29, 1.82) is 0 Å². The smallest absolute Gasteiger partial charge is 0.228 e. The van der Waals surface area contributed by atoms with Crippen molar-refractivity contribution >= 4 is 34.0 Å². The molecule has 0 spiro atoms. The molecule has 0 N–H and O–H groups in total. The molecule has 1 atom stereocenters. The van der Waals surface area contributed by atoms with Crippen molar-refractivity contribution in [3.8, 4) is 0 Å². The van der Waals surface area contributed by atoms with Crippen LogP contribution in [0, 0.1) is 6.92 Å². The summed E-state index contributed by atoms with van der Waals surface area (Å²) in [5, 5.41) is 3.09. The van der Waals surface area contributed by atoms with Gasteiger partial charge in [-0.2, -0.15) is 0 Å². The van der Waals surface area contributed by atoms with Crippen LogP contribution in [-0.4, -0.2) is 5.91 Å². The summed E-state index contributed by atoms with van der Waals surface area (Å²) in [6.07, 6.45) is 0.453. The quantitative estimate of drug-likeness (QED) is 0.360. The number of anilines is 1. The third-order valence-electron chi connectivity index (χ3n) is 6.00. The van der Waals surface area contributed by atoms with E-state index in [2.05, 4.69) is 67.6 Å². The largest absolute Gasteiger partial charge is 0.308 e. The molecule has 2 nitrogen and oxygen atoms in total. The van der Waals surface area contributed by atoms with Crippen molar-refractivity contribution in [2.75, 3.05) is 4.90 Å². The molecule has 5 rings (SSSR count). The molecule has 0 aromatic heterocycles. The van der Waals surface area contributed by atoms with E-state index in [1.165, 1.54) is 27.5 Å². The van der Waals surface area contributed by atoms with Crippen molar-refractivity contribution in [3.63, 3.8) is 0 Å². The van der Waals surface area contributed by atoms with Gasteiger partial charge in [0.1, 0.15) is 0 Å². The van der Waals surface area contributed by atoms with Crippen LogP contribution in [0.2, 0.25) is 5.02 Å². The van der Waals surface area contributed by atoms with E-state index in [4.69, 9.17) is 11.6 Å². The Hall–Kier alpha value is -3.10. The number of carbonyl (C=O) groups excluding carboxylic acids is 1. The third-order valence-corrected chi connectivity index (χ3v) is 6.37. The van der Waals surface area contributed by atoms with E-state index in [9.17, 15) is 4.79 Å². The predicted molar refractivity (Wildman–Crippen MR) is 124 cm³/mol. The number of amides is 1. The normalized spacial score (nSPS) is 16.0. The number of carbonyl (C=O) groups is 1. The van der Waals surface area contributed by atoms with Crippen LogP contribution in [-0.2, 0) is 11.3 Å². The van der Waals surface area contributed by atoms with Gasteiger partial charge >= 0.3 is 0 Å². The van der Waals surface area contributed by atoms with E-state index in [0.29, 0.717) is 18.0 Å². The Kier molecular flexibility index (Phi) is 4.80. The number of hydrogen-bond acceptors (Lipinski definition) is 1. The molecule has 1 aliphatic rings. The molecule has 3 heteroatoms. The first-order chi connectivity index (χ1) is 14.6. The highest BCUT2D eigenvalue weighted by molar-refractivity contribution is 6.31. The minimum Gasteiger partial charge on any atom is -0.308 e. The van der Waals surface area contributed by atoms with Crippen LogP contribution < -0.4 is 4.90 Å². The Morgan fingerprint density at radius 3 is 2.57 bits per heavy atom. The molecule has 0 saturated heterocycles. The molecular weight excluding hydrogens is 390 g/mol. The first-order valence-corrected chi connectivity index (χ1v) is 10.6. The summed E-state index contributed by atoms with van der Waals surface area (Å²) in [7, 11) is 0. The SMILES string of the molecule is Cc1cccc(C2CC(=O)N(Cc3ccccc3Cl)c3ccc4ccccc4c32)c1. The van der Waals surface area contributed by atoms with Gasteiger partial charge in [0.15, 0.2) is 0 Å². The minimum atomic E-state index is 0.0426. The molecule has 1 unspecified atom stereocenters. The van der Waals surface area contributed by atoms with Crippen LogP contribution in [0.25, 0.3) is 10.8 Å². The number of hydrogen-bond donors (Lipinski definition) is 0. The van der Waals surface area contributed by atoms with E-state index >= 15 is 0 Å². The molecular formula is C27H22ClNO. The van der Waals surface area contributed by atoms with E-state index < -0.39 is 0 Å². The maximum Gasteiger partial charge on any atom is 0.228 e. The van der Waals surface area contributed by atoms with Gasteiger partial charge < -0.3 is 4.90 Å². The fourth-order valence-corrected chi connectivity index (χ4v) is 4.74. The van der Waals surface area contributed by atoms with Gasteiger partial charge in [0.2, 0.25) is 5.91 Å². The fraction of sp³-hybridized carbons (Fsp3) is 0.148. The minimum absolute atomic E-state index is 0.0426. The number of nitrogens with zero attached hydrogens (tertiary/aromatic N) is 1. The molecule has 0 fully saturated rings. The van der Waals surface area contributed by atoms with Crippen molar-refractivity contribution in [3.05, 3.63) is 112 Å². The molecule has 0 saturated carbocycles. The highest BCUT2D eigenvalue weighted by atomic mass is 35.5. The van der Waals surface area contributed by atoms with Gasteiger partial charge in [0, 0.05) is 23.0 Å². The van der Waals surface area contributed by atoms with Gasteiger partial charge in [-0.3, -0.25) is 4.79 Å². The predicted octanol–water partition coefficient (Wildman–Crippen LogP) is 6.87. The van der Waals surface area contributed by atoms with Crippen molar-refractivity contribution in [2.24, 2.45) is 0 Å². The molecule has 0 bridgehead atoms. The molecule has 0 radical (unpaired) electrons. The summed E-state index contributed by atoms with van der Waals surface area (Å²) in [5.74, 6) is 0.171. The van der Waals surface area contributed by atoms with Gasteiger partial charge in [0.25, 0.3) is 0 Å². The van der Waals surface area contributed by atoms with Crippen LogP contribution >= 0.6 is 11.6 Å². The van der Waals surface area contributed by atoms with E-state index in [1.54, 1.807) is 0 Å². The average molecular weight is 412 g/mol. The van der Waals surface area contributed by atoms with Gasteiger partial charge in [-0.15, -0.1) is 0 Å². The number of fused-ring (bicyclic) bond motifs is 3. The van der Waals surface area contributed by atoms with Crippen LogP contribution in [0.4, 0.5) is 5.69 Å². The highest BCUT2D eigenvalue weighted by Gasteiger charge is 2.33. The van der Waals surface area contributed by atoms with Gasteiger partial charge in [-0.05, 0) is 46.5 Å². The fourth-order valence-electron chi connectivity index (χ4n) is 4.55. The average Bonchev–Trinajstić information content (AvgIpc) is 2.76. The van der Waals surface area contributed by atoms with Crippen molar-refractivity contribution in [1.82, 2.24) is 0 Å². The molecule has 4 aromatic rings. The zero-order valence-electron chi connectivity index (χ0n) is 16.8. The topological polar surface area (TPSA) is 20.3 Å². The molecule has 4 aromatic carbocycles. The summed E-state index contributed by atoms with van der Waals surface area (Å²) in [6, 6.07) is 28.9. The Bertz CT molecular complexity index is 1260. The molecule has 1 heterocycles. The maximum absolute atomic E-state index is 13.4. The number of halogens is 1. The summed E-state index contributed by atoms with van der Waals surface area (Å²) < 4.78 is 0. The first-order valence-electron chi connectivity index (χ1n) is 10.2. The lowest BCUT2D eigenvalue weighted by atomic mass is 9.81. The molecule has 1 amide bonds. The Balaban J connectivity index is 1.70. The highest BCUT2D eigenvalue weighted by Crippen LogP contribution is 2.44. The lowest BCUT2D eigenvalue weighted by molar-refractivity contribution is -0.119. The Labute approximate surface area is 181 Å². The second-order valence-corrected chi connectivity index (χ2v) is 8.37. The standard InChI is InChI=1S/C27H22ClNO/c1-18-7-6-10-20(15-18)23-16-26(30)29(17-21-9-3-5-12-24(21)28)25-14-13-19-8-2-4-11-22(19)27(23)25/h2-15,23H,16-17H2,1H3. The number of benzene rings is 4. The summed E-state index contributed by atoms with van der Waals surface area (Å²) in [5.41, 5.74) is 5.57. The number of rotatable bonds is 3.